The van der Waals surface area contributed by atoms with Gasteiger partial charge in [0.15, 0.2) is 0 Å². The van der Waals surface area contributed by atoms with Crippen molar-refractivity contribution in [3.05, 3.63) is 106 Å². The minimum Gasteiger partial charge on any atom is -0.493 e. The SMILES string of the molecule is Cc1ccc2nc(Cc3ccc4cc3OCCCc3cc(Cl)ccc3COc3cccc-4n3)n(CC3CCO3)c2c1. The molecule has 4 heterocycles. The number of hydrogen-bond acceptors (Lipinski definition) is 5. The normalized spacial score (nSPS) is 16.7. The summed E-state index contributed by atoms with van der Waals surface area (Å²) < 4.78 is 20.8. The third kappa shape index (κ3) is 5.54. The summed E-state index contributed by atoms with van der Waals surface area (Å²) in [5.41, 5.74) is 8.61. The van der Waals surface area contributed by atoms with E-state index in [1.54, 1.807) is 0 Å². The number of benzene rings is 3. The minimum atomic E-state index is 0.236. The number of nitrogens with zero attached hydrogens (tertiary/aromatic N) is 3. The van der Waals surface area contributed by atoms with Gasteiger partial charge in [0.2, 0.25) is 5.88 Å². The average molecular weight is 566 g/mol. The van der Waals surface area contributed by atoms with Crippen LogP contribution in [-0.4, -0.2) is 33.9 Å². The van der Waals surface area contributed by atoms with Crippen LogP contribution in [-0.2, 0) is 30.7 Å². The Hall–Kier alpha value is -3.87. The number of aromatic nitrogens is 3. The van der Waals surface area contributed by atoms with Crippen LogP contribution in [0.25, 0.3) is 22.3 Å². The van der Waals surface area contributed by atoms with Crippen LogP contribution in [0.2, 0.25) is 5.02 Å². The number of aryl methyl sites for hydroxylation is 2. The standard InChI is InChI=1S/C34H32ClN3O3/c1-22-7-12-30-31(16-22)38(20-28-13-15-39-28)33(36-30)19-25-9-8-24-18-32(25)40-14-3-4-23-17-27(35)11-10-26(23)21-41-34-6-2-5-29(24)37-34/h2,5-12,16-18,28H,3-4,13-15,19-21H2,1H3. The Labute approximate surface area is 244 Å². The number of pyridine rings is 1. The van der Waals surface area contributed by atoms with E-state index < -0.39 is 0 Å². The summed E-state index contributed by atoms with van der Waals surface area (Å²) in [5.74, 6) is 2.47. The van der Waals surface area contributed by atoms with Gasteiger partial charge in [0.1, 0.15) is 18.2 Å². The van der Waals surface area contributed by atoms with E-state index in [9.17, 15) is 0 Å². The molecule has 0 saturated carbocycles. The number of ether oxygens (including phenoxy) is 3. The zero-order valence-electron chi connectivity index (χ0n) is 23.1. The summed E-state index contributed by atoms with van der Waals surface area (Å²) in [6, 6.07) is 24.7. The lowest BCUT2D eigenvalue weighted by Crippen LogP contribution is -2.31. The van der Waals surface area contributed by atoms with Crippen molar-refractivity contribution < 1.29 is 14.2 Å². The molecule has 5 aromatic rings. The van der Waals surface area contributed by atoms with Crippen LogP contribution in [0.1, 0.15) is 40.9 Å². The maximum absolute atomic E-state index is 6.50. The predicted molar refractivity (Wildman–Crippen MR) is 161 cm³/mol. The third-order valence-corrected chi connectivity index (χ3v) is 8.22. The van der Waals surface area contributed by atoms with Crippen molar-refractivity contribution in [3.63, 3.8) is 0 Å². The highest BCUT2D eigenvalue weighted by molar-refractivity contribution is 6.30. The highest BCUT2D eigenvalue weighted by Crippen LogP contribution is 2.32. The van der Waals surface area contributed by atoms with E-state index in [-0.39, 0.29) is 6.10 Å². The molecule has 0 radical (unpaired) electrons. The van der Waals surface area contributed by atoms with Gasteiger partial charge in [-0.15, -0.1) is 0 Å². The zero-order valence-corrected chi connectivity index (χ0v) is 23.9. The lowest BCUT2D eigenvalue weighted by molar-refractivity contribution is -0.0589. The molecule has 1 unspecified atom stereocenters. The minimum absolute atomic E-state index is 0.236. The molecular formula is C34H32ClN3O3. The molecule has 1 saturated heterocycles. The molecule has 7 heteroatoms. The van der Waals surface area contributed by atoms with Gasteiger partial charge in [0, 0.05) is 35.2 Å². The molecule has 3 aromatic carbocycles. The van der Waals surface area contributed by atoms with Crippen molar-refractivity contribution in [1.82, 2.24) is 14.5 Å². The molecule has 2 aromatic heterocycles. The van der Waals surface area contributed by atoms with Crippen molar-refractivity contribution >= 4 is 22.6 Å². The first kappa shape index (κ1) is 26.1. The van der Waals surface area contributed by atoms with Crippen LogP contribution in [0.5, 0.6) is 11.6 Å². The fourth-order valence-electron chi connectivity index (χ4n) is 5.64. The monoisotopic (exact) mass is 565 g/mol. The van der Waals surface area contributed by atoms with Crippen molar-refractivity contribution in [1.29, 1.82) is 0 Å². The molecule has 41 heavy (non-hydrogen) atoms. The van der Waals surface area contributed by atoms with E-state index in [1.807, 2.05) is 36.4 Å². The maximum atomic E-state index is 6.50. The molecule has 6 nitrogen and oxygen atoms in total. The first-order valence-corrected chi connectivity index (χ1v) is 14.7. The van der Waals surface area contributed by atoms with Crippen LogP contribution in [0.15, 0.2) is 72.8 Å². The van der Waals surface area contributed by atoms with E-state index in [1.165, 1.54) is 11.1 Å². The maximum Gasteiger partial charge on any atom is 0.214 e. The summed E-state index contributed by atoms with van der Waals surface area (Å²) in [5, 5.41) is 0.728. The van der Waals surface area contributed by atoms with E-state index in [0.29, 0.717) is 25.5 Å². The Kier molecular flexibility index (Phi) is 7.11. The number of halogens is 1. The van der Waals surface area contributed by atoms with Gasteiger partial charge in [0.25, 0.3) is 0 Å². The van der Waals surface area contributed by atoms with Crippen molar-refractivity contribution in [2.75, 3.05) is 13.2 Å². The van der Waals surface area contributed by atoms with Crippen molar-refractivity contribution in [2.45, 2.75) is 51.9 Å². The second-order valence-electron chi connectivity index (χ2n) is 10.9. The van der Waals surface area contributed by atoms with Gasteiger partial charge in [-0.25, -0.2) is 9.97 Å². The van der Waals surface area contributed by atoms with Gasteiger partial charge < -0.3 is 18.8 Å². The molecule has 1 fully saturated rings. The highest BCUT2D eigenvalue weighted by Gasteiger charge is 2.23. The molecule has 1 atom stereocenters. The molecule has 7 rings (SSSR count). The van der Waals surface area contributed by atoms with Crippen LogP contribution < -0.4 is 9.47 Å². The highest BCUT2D eigenvalue weighted by atomic mass is 35.5. The van der Waals surface area contributed by atoms with Gasteiger partial charge in [-0.05, 0) is 79.3 Å². The predicted octanol–water partition coefficient (Wildman–Crippen LogP) is 7.34. The number of rotatable bonds is 4. The van der Waals surface area contributed by atoms with Crippen LogP contribution >= 0.6 is 11.6 Å². The Bertz CT molecular complexity index is 1730. The largest absolute Gasteiger partial charge is 0.493 e. The second kappa shape index (κ2) is 11.2. The van der Waals surface area contributed by atoms with Gasteiger partial charge in [-0.3, -0.25) is 0 Å². The lowest BCUT2D eigenvalue weighted by atomic mass is 10.0. The van der Waals surface area contributed by atoms with Crippen LogP contribution in [0.3, 0.4) is 0 Å². The molecule has 2 aliphatic rings. The van der Waals surface area contributed by atoms with Crippen molar-refractivity contribution in [3.8, 4) is 22.9 Å². The second-order valence-corrected chi connectivity index (χ2v) is 11.4. The van der Waals surface area contributed by atoms with Gasteiger partial charge in [-0.1, -0.05) is 41.9 Å². The zero-order chi connectivity index (χ0) is 27.8. The summed E-state index contributed by atoms with van der Waals surface area (Å²) in [6.07, 6.45) is 3.68. The lowest BCUT2D eigenvalue weighted by Gasteiger charge is -2.27. The van der Waals surface area contributed by atoms with E-state index in [0.717, 1.165) is 82.4 Å². The van der Waals surface area contributed by atoms with E-state index in [4.69, 9.17) is 35.8 Å². The van der Waals surface area contributed by atoms with Gasteiger partial charge in [0.05, 0.1) is 36.0 Å². The first-order chi connectivity index (χ1) is 20.1. The molecular weight excluding hydrogens is 534 g/mol. The molecule has 0 aliphatic carbocycles. The number of fused-ring (bicyclic) bond motifs is 7. The summed E-state index contributed by atoms with van der Waals surface area (Å²) in [4.78, 5) is 9.87. The van der Waals surface area contributed by atoms with Crippen LogP contribution in [0.4, 0.5) is 0 Å². The summed E-state index contributed by atoms with van der Waals surface area (Å²) >= 11 is 6.34. The smallest absolute Gasteiger partial charge is 0.214 e. The van der Waals surface area contributed by atoms with E-state index >= 15 is 0 Å². The fourth-order valence-corrected chi connectivity index (χ4v) is 5.83. The first-order valence-electron chi connectivity index (χ1n) is 14.3. The average Bonchev–Trinajstić information content (AvgIpc) is 3.28. The van der Waals surface area contributed by atoms with Gasteiger partial charge in [-0.2, -0.15) is 0 Å². The van der Waals surface area contributed by atoms with Crippen LogP contribution in [0, 0.1) is 6.92 Å². The van der Waals surface area contributed by atoms with E-state index in [2.05, 4.69) is 47.9 Å². The Morgan fingerprint density at radius 2 is 1.85 bits per heavy atom. The summed E-state index contributed by atoms with van der Waals surface area (Å²) in [7, 11) is 0. The Morgan fingerprint density at radius 1 is 0.927 bits per heavy atom. The topological polar surface area (TPSA) is 58.4 Å². The third-order valence-electron chi connectivity index (χ3n) is 7.99. The molecule has 0 N–H and O–H groups in total. The quantitative estimate of drug-likeness (QED) is 0.228. The Balaban J connectivity index is 1.25. The molecule has 0 spiro atoms. The van der Waals surface area contributed by atoms with Crippen molar-refractivity contribution in [2.24, 2.45) is 0 Å². The molecule has 208 valence electrons. The molecule has 4 bridgehead atoms. The molecule has 2 aliphatic heterocycles. The molecule has 0 amide bonds. The number of imidazole rings is 1. The fraction of sp³-hybridized carbons (Fsp3) is 0.294. The van der Waals surface area contributed by atoms with Gasteiger partial charge >= 0.3 is 0 Å². The number of hydrogen-bond donors (Lipinski definition) is 0. The summed E-state index contributed by atoms with van der Waals surface area (Å²) in [6.45, 7) is 4.80. The Morgan fingerprint density at radius 3 is 2.73 bits per heavy atom.